The Bertz CT molecular complexity index is 426. The van der Waals surface area contributed by atoms with Crippen molar-refractivity contribution in [2.24, 2.45) is 5.73 Å². The highest BCUT2D eigenvalue weighted by Gasteiger charge is 2.22. The maximum Gasteiger partial charge on any atom is 0.223 e. The van der Waals surface area contributed by atoms with Crippen molar-refractivity contribution < 1.29 is 9.90 Å². The van der Waals surface area contributed by atoms with Crippen molar-refractivity contribution >= 4 is 30.7 Å². The van der Waals surface area contributed by atoms with Crippen LogP contribution in [0.2, 0.25) is 0 Å². The minimum atomic E-state index is -0.470. The summed E-state index contributed by atoms with van der Waals surface area (Å²) in [7, 11) is 0. The number of nitrogens with zero attached hydrogens (tertiary/aromatic N) is 2. The summed E-state index contributed by atoms with van der Waals surface area (Å²) in [5.41, 5.74) is 6.34. The third kappa shape index (κ3) is 6.10. The van der Waals surface area contributed by atoms with E-state index in [1.165, 1.54) is 0 Å². The van der Waals surface area contributed by atoms with Crippen LogP contribution in [0.4, 0.5) is 0 Å². The van der Waals surface area contributed by atoms with Crippen molar-refractivity contribution in [2.45, 2.75) is 12.5 Å². The predicted molar refractivity (Wildman–Crippen MR) is 92.6 cm³/mol. The lowest BCUT2D eigenvalue weighted by Gasteiger charge is -2.35. The number of halogens is 2. The number of amides is 1. The van der Waals surface area contributed by atoms with E-state index >= 15 is 0 Å². The van der Waals surface area contributed by atoms with E-state index in [-0.39, 0.29) is 30.7 Å². The molecule has 22 heavy (non-hydrogen) atoms. The zero-order valence-corrected chi connectivity index (χ0v) is 14.2. The molecule has 5 nitrogen and oxygen atoms in total. The first-order valence-corrected chi connectivity index (χ1v) is 7.14. The molecule has 0 saturated carbocycles. The summed E-state index contributed by atoms with van der Waals surface area (Å²) in [4.78, 5) is 15.8. The number of piperazine rings is 1. The number of nitrogens with two attached hydrogens (primary N) is 1. The molecule has 1 fully saturated rings. The van der Waals surface area contributed by atoms with Crippen LogP contribution in [-0.4, -0.2) is 60.1 Å². The summed E-state index contributed by atoms with van der Waals surface area (Å²) >= 11 is 0. The fourth-order valence-corrected chi connectivity index (χ4v) is 2.49. The second-order valence-corrected chi connectivity index (χ2v) is 5.15. The van der Waals surface area contributed by atoms with Gasteiger partial charge in [-0.05, 0) is 5.56 Å². The summed E-state index contributed by atoms with van der Waals surface area (Å²) in [5, 5.41) is 10.2. The molecule has 126 valence electrons. The second-order valence-electron chi connectivity index (χ2n) is 5.15. The quantitative estimate of drug-likeness (QED) is 0.833. The van der Waals surface area contributed by atoms with Crippen LogP contribution >= 0.6 is 24.8 Å². The monoisotopic (exact) mass is 349 g/mol. The van der Waals surface area contributed by atoms with E-state index in [4.69, 9.17) is 5.73 Å². The molecule has 7 heteroatoms. The van der Waals surface area contributed by atoms with Crippen LogP contribution in [0, 0.1) is 0 Å². The molecule has 0 spiro atoms. The number of aliphatic hydroxyl groups is 1. The first-order valence-electron chi connectivity index (χ1n) is 7.14. The van der Waals surface area contributed by atoms with E-state index in [2.05, 4.69) is 4.90 Å². The molecule has 1 aromatic carbocycles. The molecular formula is C15H25Cl2N3O2. The van der Waals surface area contributed by atoms with Gasteiger partial charge in [0.25, 0.3) is 0 Å². The van der Waals surface area contributed by atoms with Crippen LogP contribution < -0.4 is 5.73 Å². The van der Waals surface area contributed by atoms with E-state index in [9.17, 15) is 9.90 Å². The molecular weight excluding hydrogens is 325 g/mol. The Hall–Kier alpha value is -0.850. The molecule has 0 aliphatic carbocycles. The molecule has 0 aromatic heterocycles. The van der Waals surface area contributed by atoms with Crippen LogP contribution in [0.5, 0.6) is 0 Å². The fraction of sp³-hybridized carbons (Fsp3) is 0.533. The van der Waals surface area contributed by atoms with Crippen molar-refractivity contribution in [1.82, 2.24) is 9.80 Å². The average molecular weight is 350 g/mol. The SMILES string of the molecule is Cl.Cl.NCCC(=O)N1CCN(CC(O)c2ccccc2)CC1. The lowest BCUT2D eigenvalue weighted by molar-refractivity contribution is -0.132. The Kier molecular flexibility index (Phi) is 10.4. The molecule has 1 aliphatic rings. The second kappa shape index (κ2) is 10.8. The lowest BCUT2D eigenvalue weighted by Crippen LogP contribution is -2.49. The smallest absolute Gasteiger partial charge is 0.223 e. The van der Waals surface area contributed by atoms with Gasteiger partial charge in [0.05, 0.1) is 6.10 Å². The summed E-state index contributed by atoms with van der Waals surface area (Å²) < 4.78 is 0. The normalized spacial score (nSPS) is 16.4. The van der Waals surface area contributed by atoms with Crippen molar-refractivity contribution in [3.63, 3.8) is 0 Å². The van der Waals surface area contributed by atoms with E-state index in [0.717, 1.165) is 31.7 Å². The highest BCUT2D eigenvalue weighted by Crippen LogP contribution is 2.15. The van der Waals surface area contributed by atoms with Gasteiger partial charge in [-0.2, -0.15) is 0 Å². The standard InChI is InChI=1S/C15H23N3O2.2ClH/c16-7-6-15(20)18-10-8-17(9-11-18)12-14(19)13-4-2-1-3-5-13;;/h1-5,14,19H,6-12,16H2;2*1H. The van der Waals surface area contributed by atoms with Crippen LogP contribution in [-0.2, 0) is 4.79 Å². The maximum absolute atomic E-state index is 11.7. The fourth-order valence-electron chi connectivity index (χ4n) is 2.49. The van der Waals surface area contributed by atoms with E-state index < -0.39 is 6.10 Å². The number of hydrogen-bond acceptors (Lipinski definition) is 4. The van der Waals surface area contributed by atoms with Gasteiger partial charge in [0, 0.05) is 45.7 Å². The first-order chi connectivity index (χ1) is 9.70. The maximum atomic E-state index is 11.7. The van der Waals surface area contributed by atoms with Gasteiger partial charge in [-0.15, -0.1) is 24.8 Å². The summed E-state index contributed by atoms with van der Waals surface area (Å²) in [6.45, 7) is 4.08. The molecule has 1 aromatic rings. The Morgan fingerprint density at radius 3 is 2.27 bits per heavy atom. The number of rotatable bonds is 5. The van der Waals surface area contributed by atoms with Gasteiger partial charge >= 0.3 is 0 Å². The number of carbonyl (C=O) groups is 1. The van der Waals surface area contributed by atoms with Crippen molar-refractivity contribution in [3.05, 3.63) is 35.9 Å². The summed E-state index contributed by atoms with van der Waals surface area (Å²) in [5.74, 6) is 0.135. The topological polar surface area (TPSA) is 69.8 Å². The molecule has 1 amide bonds. The van der Waals surface area contributed by atoms with Crippen LogP contribution in [0.3, 0.4) is 0 Å². The number of carbonyl (C=O) groups excluding carboxylic acids is 1. The Morgan fingerprint density at radius 1 is 1.14 bits per heavy atom. The molecule has 1 heterocycles. The molecule has 1 unspecified atom stereocenters. The van der Waals surface area contributed by atoms with Gasteiger partial charge in [0.15, 0.2) is 0 Å². The van der Waals surface area contributed by atoms with E-state index in [1.54, 1.807) is 0 Å². The third-order valence-electron chi connectivity index (χ3n) is 3.70. The van der Waals surface area contributed by atoms with Crippen molar-refractivity contribution in [1.29, 1.82) is 0 Å². The third-order valence-corrected chi connectivity index (χ3v) is 3.70. The molecule has 0 bridgehead atoms. The van der Waals surface area contributed by atoms with Crippen LogP contribution in [0.25, 0.3) is 0 Å². The first kappa shape index (κ1) is 21.1. The highest BCUT2D eigenvalue weighted by atomic mass is 35.5. The van der Waals surface area contributed by atoms with Gasteiger partial charge in [-0.3, -0.25) is 9.69 Å². The molecule has 3 N–H and O–H groups in total. The molecule has 2 rings (SSSR count). The average Bonchev–Trinajstić information content (AvgIpc) is 2.49. The minimum Gasteiger partial charge on any atom is -0.387 e. The van der Waals surface area contributed by atoms with Crippen LogP contribution in [0.1, 0.15) is 18.1 Å². The zero-order chi connectivity index (χ0) is 14.4. The van der Waals surface area contributed by atoms with E-state index in [0.29, 0.717) is 19.5 Å². The molecule has 1 aliphatic heterocycles. The van der Waals surface area contributed by atoms with Crippen LogP contribution in [0.15, 0.2) is 30.3 Å². The van der Waals surface area contributed by atoms with Crippen molar-refractivity contribution in [3.8, 4) is 0 Å². The number of β-amino-alcohol motifs (C(OH)–C–C–N with tert-alkyl or cyclic N) is 1. The molecule has 0 radical (unpaired) electrons. The number of hydrogen-bond donors (Lipinski definition) is 2. The highest BCUT2D eigenvalue weighted by molar-refractivity contribution is 5.85. The number of aliphatic hydroxyl groups excluding tert-OH is 1. The predicted octanol–water partition coefficient (Wildman–Crippen LogP) is 1.06. The van der Waals surface area contributed by atoms with Crippen molar-refractivity contribution in [2.75, 3.05) is 39.3 Å². The Balaban J connectivity index is 0.00000220. The van der Waals surface area contributed by atoms with Gasteiger partial charge < -0.3 is 15.7 Å². The van der Waals surface area contributed by atoms with Gasteiger partial charge in [-0.1, -0.05) is 30.3 Å². The summed E-state index contributed by atoms with van der Waals surface area (Å²) in [6.07, 6.45) is -0.0467. The lowest BCUT2D eigenvalue weighted by atomic mass is 10.1. The zero-order valence-electron chi connectivity index (χ0n) is 12.6. The molecule has 1 saturated heterocycles. The minimum absolute atomic E-state index is 0. The van der Waals surface area contributed by atoms with E-state index in [1.807, 2.05) is 35.2 Å². The van der Waals surface area contributed by atoms with Gasteiger partial charge in [0.2, 0.25) is 5.91 Å². The Morgan fingerprint density at radius 2 is 1.73 bits per heavy atom. The largest absolute Gasteiger partial charge is 0.387 e. The summed E-state index contributed by atoms with van der Waals surface area (Å²) in [6, 6.07) is 9.68. The molecule has 1 atom stereocenters. The van der Waals surface area contributed by atoms with Gasteiger partial charge in [-0.25, -0.2) is 0 Å². The number of benzene rings is 1. The van der Waals surface area contributed by atoms with Gasteiger partial charge in [0.1, 0.15) is 0 Å². The Labute approximate surface area is 144 Å².